The van der Waals surface area contributed by atoms with Crippen LogP contribution in [0.15, 0.2) is 83.8 Å². The van der Waals surface area contributed by atoms with Crippen molar-refractivity contribution in [2.75, 3.05) is 22.5 Å². The average Bonchev–Trinajstić information content (AvgIpc) is 2.84. The van der Waals surface area contributed by atoms with Gasteiger partial charge in [0.25, 0.3) is 0 Å². The maximum atomic E-state index is 13.7. The number of thioether (sulfide) groups is 1. The first kappa shape index (κ1) is 23.6. The van der Waals surface area contributed by atoms with E-state index in [9.17, 15) is 14.4 Å². The van der Waals surface area contributed by atoms with Crippen molar-refractivity contribution in [1.29, 1.82) is 0 Å². The van der Waals surface area contributed by atoms with Crippen molar-refractivity contribution in [2.24, 2.45) is 0 Å². The molecule has 1 heterocycles. The highest BCUT2D eigenvalue weighted by Crippen LogP contribution is 2.35. The molecule has 3 aromatic carbocycles. The molecule has 0 aliphatic carbocycles. The monoisotopic (exact) mass is 473 g/mol. The van der Waals surface area contributed by atoms with Gasteiger partial charge in [-0.25, -0.2) is 0 Å². The van der Waals surface area contributed by atoms with E-state index in [1.165, 1.54) is 18.7 Å². The number of rotatable bonds is 7. The Bertz CT molecular complexity index is 1200. The zero-order chi connectivity index (χ0) is 24.1. The molecule has 6 nitrogen and oxygen atoms in total. The first-order valence-corrected chi connectivity index (χ1v) is 12.1. The molecule has 0 saturated carbocycles. The second kappa shape index (κ2) is 10.6. The largest absolute Gasteiger partial charge is 0.330 e. The van der Waals surface area contributed by atoms with Crippen LogP contribution in [0, 0.1) is 0 Å². The van der Waals surface area contributed by atoms with Gasteiger partial charge in [0.2, 0.25) is 17.7 Å². The van der Waals surface area contributed by atoms with E-state index in [1.807, 2.05) is 85.8 Å². The van der Waals surface area contributed by atoms with Gasteiger partial charge in [-0.15, -0.1) is 11.8 Å². The van der Waals surface area contributed by atoms with Crippen LogP contribution in [-0.4, -0.2) is 34.9 Å². The van der Waals surface area contributed by atoms with Crippen LogP contribution >= 0.6 is 11.8 Å². The Kier molecular flexibility index (Phi) is 7.33. The number of carbonyl (C=O) groups excluding carboxylic acids is 3. The number of carbonyl (C=O) groups is 3. The third kappa shape index (κ3) is 5.48. The molecular weight excluding hydrogens is 446 g/mol. The van der Waals surface area contributed by atoms with Gasteiger partial charge in [-0.1, -0.05) is 54.6 Å². The molecule has 1 aliphatic rings. The van der Waals surface area contributed by atoms with Crippen molar-refractivity contribution < 1.29 is 14.4 Å². The van der Waals surface area contributed by atoms with Gasteiger partial charge in [0.15, 0.2) is 0 Å². The fourth-order valence-electron chi connectivity index (χ4n) is 4.03. The fraction of sp³-hybridized carbons (Fsp3) is 0.222. The molecule has 4 rings (SSSR count). The minimum absolute atomic E-state index is 0.0288. The first-order valence-electron chi connectivity index (χ1n) is 11.2. The number of anilines is 2. The number of para-hydroxylation sites is 1. The van der Waals surface area contributed by atoms with Crippen molar-refractivity contribution in [1.82, 2.24) is 4.90 Å². The predicted molar refractivity (Wildman–Crippen MR) is 136 cm³/mol. The Balaban J connectivity index is 1.63. The molecule has 7 heteroatoms. The third-order valence-electron chi connectivity index (χ3n) is 5.77. The summed E-state index contributed by atoms with van der Waals surface area (Å²) >= 11 is 1.50. The van der Waals surface area contributed by atoms with Crippen LogP contribution < -0.4 is 10.2 Å². The van der Waals surface area contributed by atoms with Crippen LogP contribution in [0.4, 0.5) is 11.4 Å². The van der Waals surface area contributed by atoms with Crippen LogP contribution in [0.25, 0.3) is 0 Å². The van der Waals surface area contributed by atoms with Crippen LogP contribution in [-0.2, 0) is 20.9 Å². The lowest BCUT2D eigenvalue weighted by molar-refractivity contribution is -0.133. The third-order valence-corrected chi connectivity index (χ3v) is 6.82. The number of nitrogens with one attached hydrogen (secondary N) is 1. The predicted octanol–water partition coefficient (Wildman–Crippen LogP) is 4.87. The van der Waals surface area contributed by atoms with Crippen LogP contribution in [0.1, 0.15) is 31.0 Å². The van der Waals surface area contributed by atoms with Gasteiger partial charge >= 0.3 is 0 Å². The molecule has 1 N–H and O–H groups in total. The van der Waals surface area contributed by atoms with Gasteiger partial charge in [0, 0.05) is 24.1 Å². The van der Waals surface area contributed by atoms with E-state index in [0.29, 0.717) is 18.0 Å². The second-order valence-electron chi connectivity index (χ2n) is 8.23. The summed E-state index contributed by atoms with van der Waals surface area (Å²) in [6.45, 7) is 3.81. The summed E-state index contributed by atoms with van der Waals surface area (Å²) in [4.78, 5) is 42.4. The van der Waals surface area contributed by atoms with Gasteiger partial charge in [-0.3, -0.25) is 14.4 Å². The van der Waals surface area contributed by atoms with E-state index >= 15 is 0 Å². The number of hydrogen-bond donors (Lipinski definition) is 1. The maximum absolute atomic E-state index is 13.7. The quantitative estimate of drug-likeness (QED) is 0.531. The molecule has 174 valence electrons. The van der Waals surface area contributed by atoms with E-state index in [4.69, 9.17) is 0 Å². The first-order chi connectivity index (χ1) is 16.4. The minimum atomic E-state index is -0.272. The van der Waals surface area contributed by atoms with Crippen LogP contribution in [0.5, 0.6) is 0 Å². The topological polar surface area (TPSA) is 69.7 Å². The lowest BCUT2D eigenvalue weighted by Gasteiger charge is -2.34. The van der Waals surface area contributed by atoms with Gasteiger partial charge in [-0.05, 0) is 42.3 Å². The van der Waals surface area contributed by atoms with Gasteiger partial charge in [0.1, 0.15) is 6.54 Å². The van der Waals surface area contributed by atoms with Crippen LogP contribution in [0.2, 0.25) is 0 Å². The van der Waals surface area contributed by atoms with E-state index < -0.39 is 0 Å². The highest BCUT2D eigenvalue weighted by atomic mass is 32.2. The van der Waals surface area contributed by atoms with Crippen molar-refractivity contribution in [3.05, 3.63) is 90.0 Å². The van der Waals surface area contributed by atoms with Crippen LogP contribution in [0.3, 0.4) is 0 Å². The normalized spacial score (nSPS) is 13.7. The van der Waals surface area contributed by atoms with Gasteiger partial charge < -0.3 is 15.1 Å². The summed E-state index contributed by atoms with van der Waals surface area (Å²) in [6.07, 6.45) is 0. The number of hydrogen-bond acceptors (Lipinski definition) is 4. The maximum Gasteiger partial charge on any atom is 0.243 e. The zero-order valence-corrected chi connectivity index (χ0v) is 20.0. The molecular formula is C27H27N3O3S. The van der Waals surface area contributed by atoms with Gasteiger partial charge in [0.05, 0.1) is 17.5 Å². The molecule has 0 radical (unpaired) electrons. The summed E-state index contributed by atoms with van der Waals surface area (Å²) < 4.78 is 0. The average molecular weight is 474 g/mol. The van der Waals surface area contributed by atoms with Crippen molar-refractivity contribution in [3.8, 4) is 0 Å². The van der Waals surface area contributed by atoms with Crippen molar-refractivity contribution >= 4 is 40.9 Å². The van der Waals surface area contributed by atoms with E-state index in [-0.39, 0.29) is 30.3 Å². The SMILES string of the molecule is CC(=O)Nc1cccc(C(C)N(Cc2ccccc2)C(=O)CN2C(=O)CSc3ccccc32)c1. The molecule has 1 aliphatic heterocycles. The Labute approximate surface area is 204 Å². The molecule has 34 heavy (non-hydrogen) atoms. The highest BCUT2D eigenvalue weighted by Gasteiger charge is 2.30. The molecule has 0 bridgehead atoms. The number of nitrogens with zero attached hydrogens (tertiary/aromatic N) is 2. The van der Waals surface area contributed by atoms with Crippen molar-refractivity contribution in [3.63, 3.8) is 0 Å². The summed E-state index contributed by atoms with van der Waals surface area (Å²) in [6, 6.07) is 24.7. The molecule has 1 unspecified atom stereocenters. The molecule has 3 amide bonds. The lowest BCUT2D eigenvalue weighted by Crippen LogP contribution is -2.45. The number of benzene rings is 3. The molecule has 0 fully saturated rings. The molecule has 0 aromatic heterocycles. The Hall–Kier alpha value is -3.58. The Morgan fingerprint density at radius 3 is 2.53 bits per heavy atom. The Morgan fingerprint density at radius 2 is 1.76 bits per heavy atom. The Morgan fingerprint density at radius 1 is 1.03 bits per heavy atom. The molecule has 1 atom stereocenters. The number of fused-ring (bicyclic) bond motifs is 1. The lowest BCUT2D eigenvalue weighted by atomic mass is 10.0. The smallest absolute Gasteiger partial charge is 0.243 e. The number of amides is 3. The van der Waals surface area contributed by atoms with Gasteiger partial charge in [-0.2, -0.15) is 0 Å². The molecule has 3 aromatic rings. The zero-order valence-electron chi connectivity index (χ0n) is 19.2. The second-order valence-corrected chi connectivity index (χ2v) is 9.24. The summed E-state index contributed by atoms with van der Waals surface area (Å²) in [5, 5.41) is 2.80. The van der Waals surface area contributed by atoms with Crippen molar-refractivity contribution in [2.45, 2.75) is 31.3 Å². The standard InChI is InChI=1S/C27H27N3O3S/c1-19(22-11-8-12-23(15-22)28-20(2)31)29(16-21-9-4-3-5-10-21)26(32)17-30-24-13-6-7-14-25(24)34-18-27(30)33/h3-15,19H,16-18H2,1-2H3,(H,28,31). The minimum Gasteiger partial charge on any atom is -0.330 e. The van der Waals surface area contributed by atoms with E-state index in [0.717, 1.165) is 21.7 Å². The summed E-state index contributed by atoms with van der Waals surface area (Å²) in [5.41, 5.74) is 3.36. The molecule has 0 saturated heterocycles. The van der Waals surface area contributed by atoms with E-state index in [2.05, 4.69) is 5.32 Å². The molecule has 0 spiro atoms. The fourth-order valence-corrected chi connectivity index (χ4v) is 4.97. The van der Waals surface area contributed by atoms with E-state index in [1.54, 1.807) is 9.80 Å². The summed E-state index contributed by atoms with van der Waals surface area (Å²) in [7, 11) is 0. The highest BCUT2D eigenvalue weighted by molar-refractivity contribution is 8.00. The summed E-state index contributed by atoms with van der Waals surface area (Å²) in [5.74, 6) is -0.0485.